The third-order valence-electron chi connectivity index (χ3n) is 1.69. The van der Waals surface area contributed by atoms with Gasteiger partial charge in [-0.15, -0.1) is 0 Å². The van der Waals surface area contributed by atoms with Crippen molar-refractivity contribution in [3.8, 4) is 12.1 Å². The molecular weight excluding hydrogens is 248 g/mol. The van der Waals surface area contributed by atoms with Crippen LogP contribution in [0.5, 0.6) is 0 Å². The standard InChI is InChI=1S/C8H10.2C4H7N.2H3N/c1-7-4-3-5-8(2)6-7;2*1-4(2)3-5;;/h3-6H,1-2H3;2*4H,1-2H3;2*1H3. The van der Waals surface area contributed by atoms with Crippen molar-refractivity contribution in [3.63, 3.8) is 0 Å². The zero-order valence-corrected chi connectivity index (χ0v) is 13.8. The Morgan fingerprint density at radius 3 is 1.15 bits per heavy atom. The van der Waals surface area contributed by atoms with Crippen molar-refractivity contribution in [3.05, 3.63) is 35.4 Å². The molecule has 20 heavy (non-hydrogen) atoms. The predicted octanol–water partition coefficient (Wildman–Crippen LogP) is 4.96. The highest BCUT2D eigenvalue weighted by Gasteiger charge is 1.81. The molecule has 0 aliphatic rings. The van der Waals surface area contributed by atoms with Gasteiger partial charge in [0.1, 0.15) is 0 Å². The molecule has 0 aromatic heterocycles. The van der Waals surface area contributed by atoms with Gasteiger partial charge >= 0.3 is 0 Å². The summed E-state index contributed by atoms with van der Waals surface area (Å²) in [6.45, 7) is 11.7. The summed E-state index contributed by atoms with van der Waals surface area (Å²) in [6, 6.07) is 12.5. The minimum atomic E-state index is 0. The van der Waals surface area contributed by atoms with Crippen LogP contribution in [0.2, 0.25) is 0 Å². The summed E-state index contributed by atoms with van der Waals surface area (Å²) in [5, 5.41) is 15.8. The third-order valence-corrected chi connectivity index (χ3v) is 1.69. The summed E-state index contributed by atoms with van der Waals surface area (Å²) in [7, 11) is 0. The van der Waals surface area contributed by atoms with E-state index in [9.17, 15) is 0 Å². The molecular formula is C16H30N4. The van der Waals surface area contributed by atoms with E-state index in [0.717, 1.165) is 0 Å². The zero-order valence-electron chi connectivity index (χ0n) is 13.8. The largest absolute Gasteiger partial charge is 0.344 e. The maximum atomic E-state index is 7.89. The van der Waals surface area contributed by atoms with Crippen molar-refractivity contribution in [2.75, 3.05) is 0 Å². The lowest BCUT2D eigenvalue weighted by molar-refractivity contribution is 0.849. The highest BCUT2D eigenvalue weighted by molar-refractivity contribution is 5.20. The van der Waals surface area contributed by atoms with Crippen LogP contribution in [0.25, 0.3) is 0 Å². The lowest BCUT2D eigenvalue weighted by Gasteiger charge is -1.90. The van der Waals surface area contributed by atoms with Crippen molar-refractivity contribution >= 4 is 0 Å². The van der Waals surface area contributed by atoms with E-state index >= 15 is 0 Å². The fourth-order valence-electron chi connectivity index (χ4n) is 0.807. The summed E-state index contributed by atoms with van der Waals surface area (Å²) in [5.74, 6) is 0.380. The van der Waals surface area contributed by atoms with Crippen molar-refractivity contribution in [1.82, 2.24) is 12.3 Å². The number of rotatable bonds is 0. The first kappa shape index (κ1) is 26.6. The lowest BCUT2D eigenvalue weighted by atomic mass is 10.2. The molecule has 6 N–H and O–H groups in total. The van der Waals surface area contributed by atoms with Crippen LogP contribution in [-0.4, -0.2) is 0 Å². The van der Waals surface area contributed by atoms with Crippen LogP contribution in [0.3, 0.4) is 0 Å². The Bertz CT molecular complexity index is 362. The van der Waals surface area contributed by atoms with Crippen molar-refractivity contribution < 1.29 is 0 Å². The molecule has 114 valence electrons. The van der Waals surface area contributed by atoms with Gasteiger partial charge in [0.25, 0.3) is 0 Å². The van der Waals surface area contributed by atoms with E-state index in [2.05, 4.69) is 38.1 Å². The Morgan fingerprint density at radius 2 is 1.05 bits per heavy atom. The average Bonchev–Trinajstić information content (AvgIpc) is 2.30. The van der Waals surface area contributed by atoms with Crippen LogP contribution in [0, 0.1) is 48.3 Å². The van der Waals surface area contributed by atoms with E-state index < -0.39 is 0 Å². The summed E-state index contributed by atoms with van der Waals surface area (Å²) in [4.78, 5) is 0. The minimum Gasteiger partial charge on any atom is -0.344 e. The lowest BCUT2D eigenvalue weighted by Crippen LogP contribution is -1.72. The van der Waals surface area contributed by atoms with Crippen LogP contribution in [0.1, 0.15) is 38.8 Å². The van der Waals surface area contributed by atoms with E-state index in [1.54, 1.807) is 0 Å². The Morgan fingerprint density at radius 1 is 0.800 bits per heavy atom. The van der Waals surface area contributed by atoms with Crippen LogP contribution in [-0.2, 0) is 0 Å². The molecule has 0 aliphatic carbocycles. The predicted molar refractivity (Wildman–Crippen MR) is 86.9 cm³/mol. The van der Waals surface area contributed by atoms with Crippen LogP contribution in [0.15, 0.2) is 24.3 Å². The normalized spacial score (nSPS) is 7.50. The first-order chi connectivity index (χ1) is 8.33. The zero-order chi connectivity index (χ0) is 14.6. The van der Waals surface area contributed by atoms with Gasteiger partial charge in [-0.1, -0.05) is 35.4 Å². The summed E-state index contributed by atoms with van der Waals surface area (Å²) >= 11 is 0. The molecule has 0 heterocycles. The molecule has 0 aliphatic heterocycles. The van der Waals surface area contributed by atoms with Gasteiger partial charge in [0.05, 0.1) is 12.1 Å². The fraction of sp³-hybridized carbons (Fsp3) is 0.500. The number of hydrogen-bond acceptors (Lipinski definition) is 4. The summed E-state index contributed by atoms with van der Waals surface area (Å²) in [6.07, 6.45) is 0. The van der Waals surface area contributed by atoms with Gasteiger partial charge in [-0.25, -0.2) is 0 Å². The molecule has 0 saturated heterocycles. The molecule has 4 heteroatoms. The van der Waals surface area contributed by atoms with Crippen LogP contribution < -0.4 is 12.3 Å². The molecule has 0 atom stereocenters. The highest BCUT2D eigenvalue weighted by Crippen LogP contribution is 2.00. The third kappa shape index (κ3) is 25.1. The monoisotopic (exact) mass is 278 g/mol. The quantitative estimate of drug-likeness (QED) is 0.697. The fourth-order valence-corrected chi connectivity index (χ4v) is 0.807. The van der Waals surface area contributed by atoms with E-state index in [0.29, 0.717) is 0 Å². The number of nitriles is 2. The van der Waals surface area contributed by atoms with Crippen LogP contribution >= 0.6 is 0 Å². The van der Waals surface area contributed by atoms with Crippen molar-refractivity contribution in [1.29, 1.82) is 10.5 Å². The van der Waals surface area contributed by atoms with E-state index in [1.807, 2.05) is 39.8 Å². The molecule has 0 bridgehead atoms. The second-order valence-electron chi connectivity index (χ2n) is 4.73. The van der Waals surface area contributed by atoms with Gasteiger partial charge in [-0.05, 0) is 41.5 Å². The number of hydrogen-bond donors (Lipinski definition) is 2. The second-order valence-corrected chi connectivity index (χ2v) is 4.73. The molecule has 1 aromatic carbocycles. The molecule has 0 saturated carbocycles. The van der Waals surface area contributed by atoms with E-state index in [4.69, 9.17) is 10.5 Å². The second kappa shape index (κ2) is 17.1. The topological polar surface area (TPSA) is 118 Å². The Labute approximate surface area is 124 Å². The van der Waals surface area contributed by atoms with Gasteiger partial charge in [0.2, 0.25) is 0 Å². The van der Waals surface area contributed by atoms with Gasteiger partial charge in [-0.2, -0.15) is 10.5 Å². The van der Waals surface area contributed by atoms with E-state index in [-0.39, 0.29) is 24.1 Å². The van der Waals surface area contributed by atoms with Gasteiger partial charge < -0.3 is 12.3 Å². The molecule has 0 spiro atoms. The maximum Gasteiger partial charge on any atom is 0.0649 e. The number of nitrogens with zero attached hydrogens (tertiary/aromatic N) is 2. The van der Waals surface area contributed by atoms with Gasteiger partial charge in [0.15, 0.2) is 0 Å². The summed E-state index contributed by atoms with van der Waals surface area (Å²) < 4.78 is 0. The Kier molecular flexibility index (Phi) is 22.8. The molecule has 1 rings (SSSR count). The first-order valence-electron chi connectivity index (χ1n) is 6.16. The molecule has 0 fully saturated rings. The van der Waals surface area contributed by atoms with Gasteiger partial charge in [-0.3, -0.25) is 0 Å². The van der Waals surface area contributed by atoms with Gasteiger partial charge in [0, 0.05) is 11.8 Å². The molecule has 0 unspecified atom stereocenters. The SMILES string of the molecule is CC(C)C#N.CC(C)C#N.Cc1cccc(C)c1.N.N. The number of aryl methyl sites for hydroxylation is 2. The Balaban J connectivity index is -0.0000000960. The molecule has 0 radical (unpaired) electrons. The molecule has 0 amide bonds. The summed E-state index contributed by atoms with van der Waals surface area (Å²) in [5.41, 5.74) is 2.68. The minimum absolute atomic E-state index is 0. The maximum absolute atomic E-state index is 7.89. The van der Waals surface area contributed by atoms with Crippen LogP contribution in [0.4, 0.5) is 0 Å². The van der Waals surface area contributed by atoms with Crippen molar-refractivity contribution in [2.24, 2.45) is 11.8 Å². The molecule has 4 nitrogen and oxygen atoms in total. The smallest absolute Gasteiger partial charge is 0.0649 e. The first-order valence-corrected chi connectivity index (χ1v) is 6.16. The number of benzene rings is 1. The Hall–Kier alpha value is -1.88. The van der Waals surface area contributed by atoms with E-state index in [1.165, 1.54) is 11.1 Å². The highest BCUT2D eigenvalue weighted by atomic mass is 14.2. The average molecular weight is 278 g/mol. The molecule has 1 aromatic rings. The van der Waals surface area contributed by atoms with Crippen molar-refractivity contribution in [2.45, 2.75) is 41.5 Å².